The second-order valence-corrected chi connectivity index (χ2v) is 1.98. The van der Waals surface area contributed by atoms with E-state index in [1.807, 2.05) is 6.61 Å². The van der Waals surface area contributed by atoms with Gasteiger partial charge in [-0.05, 0) is 0 Å². The van der Waals surface area contributed by atoms with Gasteiger partial charge in [-0.25, -0.2) is 0 Å². The van der Waals surface area contributed by atoms with Crippen LogP contribution in [0.1, 0.15) is 13.8 Å². The van der Waals surface area contributed by atoms with Crippen LogP contribution in [0, 0.1) is 12.5 Å². The molecule has 36 valence electrons. The van der Waals surface area contributed by atoms with E-state index in [9.17, 15) is 0 Å². The Hall–Kier alpha value is 1.77. The van der Waals surface area contributed by atoms with Crippen molar-refractivity contribution >= 4 is 0 Å². The van der Waals surface area contributed by atoms with Gasteiger partial charge in [-0.2, -0.15) is 6.61 Å². The largest absolute Gasteiger partial charge is 1.00 e. The summed E-state index contributed by atoms with van der Waals surface area (Å²) in [4.78, 5) is 0. The molecule has 0 bridgehead atoms. The predicted octanol–water partition coefficient (Wildman–Crippen LogP) is -1.79. The molecular weight excluding hydrogens is 162 g/mol. The summed E-state index contributed by atoms with van der Waals surface area (Å²) in [6.07, 6.45) is 0.477. The van der Waals surface area contributed by atoms with E-state index in [4.69, 9.17) is 4.74 Å². The molecule has 0 amide bonds. The normalized spacial score (nSPS) is 27.0. The fourth-order valence-corrected chi connectivity index (χ4v) is 0.360. The van der Waals surface area contributed by atoms with Crippen LogP contribution in [0.4, 0.5) is 0 Å². The summed E-state index contributed by atoms with van der Waals surface area (Å²) in [6.45, 7) is 6.16. The van der Waals surface area contributed by atoms with Gasteiger partial charge in [0.2, 0.25) is 0 Å². The molecule has 0 aromatic rings. The van der Waals surface area contributed by atoms with Crippen molar-refractivity contribution in [1.29, 1.82) is 0 Å². The van der Waals surface area contributed by atoms with Crippen molar-refractivity contribution in [2.24, 2.45) is 5.92 Å². The second-order valence-electron chi connectivity index (χ2n) is 1.98. The van der Waals surface area contributed by atoms with Crippen molar-refractivity contribution in [3.05, 3.63) is 6.61 Å². The van der Waals surface area contributed by atoms with E-state index in [1.54, 1.807) is 0 Å². The van der Waals surface area contributed by atoms with Crippen LogP contribution in [0.5, 0.6) is 0 Å². The molecule has 1 aliphatic rings. The van der Waals surface area contributed by atoms with E-state index in [0.717, 1.165) is 0 Å². The minimum atomic E-state index is 0. The zero-order valence-electron chi connectivity index (χ0n) is 5.14. The van der Waals surface area contributed by atoms with Gasteiger partial charge < -0.3 is 4.74 Å². The maximum absolute atomic E-state index is 4.84. The third kappa shape index (κ3) is 3.36. The first-order chi connectivity index (χ1) is 2.80. The Bertz CT molecular complexity index is 50.0. The van der Waals surface area contributed by atoms with Crippen LogP contribution >= 0.6 is 0 Å². The van der Waals surface area contributed by atoms with Gasteiger partial charge in [0.15, 0.2) is 0 Å². The van der Waals surface area contributed by atoms with Crippen LogP contribution in [-0.4, -0.2) is 6.10 Å². The summed E-state index contributed by atoms with van der Waals surface area (Å²) in [7, 11) is 0. The number of hydrogen-bond donors (Lipinski definition) is 0. The summed E-state index contributed by atoms with van der Waals surface area (Å²) in [5.74, 6) is 0.685. The summed E-state index contributed by atoms with van der Waals surface area (Å²) in [6, 6.07) is 0. The maximum atomic E-state index is 4.84. The molecule has 0 N–H and O–H groups in total. The third-order valence-corrected chi connectivity index (χ3v) is 0.950. The molecule has 1 aliphatic heterocycles. The smallest absolute Gasteiger partial charge is 0.570 e. The van der Waals surface area contributed by atoms with Crippen molar-refractivity contribution in [1.82, 2.24) is 0 Å². The summed E-state index contributed by atoms with van der Waals surface area (Å²) < 4.78 is 4.84. The molecule has 7 heavy (non-hydrogen) atoms. The summed E-state index contributed by atoms with van der Waals surface area (Å²) in [5.41, 5.74) is 0. The number of rotatable bonds is 1. The second kappa shape index (κ2) is 3.73. The molecule has 1 rings (SSSR count). The molecule has 1 heterocycles. The monoisotopic (exact) mass is 170 g/mol. The fourth-order valence-electron chi connectivity index (χ4n) is 0.360. The van der Waals surface area contributed by atoms with E-state index >= 15 is 0 Å². The molecule has 0 aromatic carbocycles. The van der Waals surface area contributed by atoms with E-state index < -0.39 is 0 Å². The van der Waals surface area contributed by atoms with Crippen molar-refractivity contribution in [3.8, 4) is 0 Å². The van der Waals surface area contributed by atoms with E-state index in [-0.39, 0.29) is 58.2 Å². The minimum absolute atomic E-state index is 0. The van der Waals surface area contributed by atoms with Gasteiger partial charge in [0.05, 0.1) is 0 Å². The van der Waals surface area contributed by atoms with Gasteiger partial charge in [-0.3, -0.25) is 0 Å². The Kier molecular flexibility index (Phi) is 4.67. The van der Waals surface area contributed by atoms with Crippen LogP contribution in [0.2, 0.25) is 0 Å². The summed E-state index contributed by atoms with van der Waals surface area (Å²) >= 11 is 0. The van der Waals surface area contributed by atoms with Crippen LogP contribution in [0.25, 0.3) is 0 Å². The Labute approximate surface area is 93.6 Å². The maximum Gasteiger partial charge on any atom is 1.00 e. The van der Waals surface area contributed by atoms with E-state index in [2.05, 4.69) is 13.8 Å². The van der Waals surface area contributed by atoms with Gasteiger partial charge >= 0.3 is 58.2 Å². The van der Waals surface area contributed by atoms with Crippen molar-refractivity contribution in [2.45, 2.75) is 20.0 Å². The zero-order valence-corrected chi connectivity index (χ0v) is 10.1. The van der Waals surface area contributed by atoms with Crippen molar-refractivity contribution < 1.29 is 62.9 Å². The Morgan fingerprint density at radius 3 is 2.00 bits per heavy atom. The molecule has 2 heteroatoms. The van der Waals surface area contributed by atoms with Gasteiger partial charge in [-0.1, -0.05) is 25.9 Å². The Morgan fingerprint density at radius 1 is 1.57 bits per heavy atom. The Morgan fingerprint density at radius 2 is 2.00 bits per heavy atom. The average molecular weight is 171 g/mol. The van der Waals surface area contributed by atoms with Crippen LogP contribution in [0.3, 0.4) is 0 Å². The Balaban J connectivity index is 0.000000360. The van der Waals surface area contributed by atoms with Crippen LogP contribution < -0.4 is 58.2 Å². The average Bonchev–Trinajstić information content (AvgIpc) is 2.06. The first kappa shape index (κ1) is 8.77. The molecular formula is C5H9ORb. The van der Waals surface area contributed by atoms with Gasteiger partial charge in [0.25, 0.3) is 0 Å². The van der Waals surface area contributed by atoms with Crippen LogP contribution in [0.15, 0.2) is 0 Å². The van der Waals surface area contributed by atoms with Gasteiger partial charge in [0, 0.05) is 0 Å². The summed E-state index contributed by atoms with van der Waals surface area (Å²) in [5, 5.41) is 0. The third-order valence-electron chi connectivity index (χ3n) is 0.950. The first-order valence-electron chi connectivity index (χ1n) is 2.29. The fraction of sp³-hybridized carbons (Fsp3) is 0.800. The quantitative estimate of drug-likeness (QED) is 0.335. The number of ether oxygens (including phenoxy) is 1. The van der Waals surface area contributed by atoms with E-state index in [1.165, 1.54) is 0 Å². The molecule has 0 aliphatic carbocycles. The van der Waals surface area contributed by atoms with Gasteiger partial charge in [0.1, 0.15) is 0 Å². The molecule has 0 saturated carbocycles. The van der Waals surface area contributed by atoms with E-state index in [0.29, 0.717) is 12.0 Å². The number of hydrogen-bond acceptors (Lipinski definition) is 1. The van der Waals surface area contributed by atoms with Crippen LogP contribution in [-0.2, 0) is 4.74 Å². The van der Waals surface area contributed by atoms with Crippen molar-refractivity contribution in [2.75, 3.05) is 0 Å². The molecule has 1 unspecified atom stereocenters. The predicted molar refractivity (Wildman–Crippen MR) is 24.0 cm³/mol. The van der Waals surface area contributed by atoms with Crippen molar-refractivity contribution in [3.63, 3.8) is 0 Å². The standard InChI is InChI=1S/C5H9O.Rb/c1-4(2)5-3-6-5;/h3-5H,1-2H3;/q-1;+1. The molecule has 1 fully saturated rings. The topological polar surface area (TPSA) is 12.5 Å². The molecule has 0 aromatic heterocycles. The minimum Gasteiger partial charge on any atom is -0.570 e. The van der Waals surface area contributed by atoms with Gasteiger partial charge in [-0.15, -0.1) is 0 Å². The molecule has 1 nitrogen and oxygen atoms in total. The molecule has 1 saturated heterocycles. The first-order valence-corrected chi connectivity index (χ1v) is 2.29. The SMILES string of the molecule is CC(C)C1[CH-]O1.[Rb+]. The zero-order chi connectivity index (χ0) is 4.57. The number of epoxide rings is 1. The molecule has 0 spiro atoms. The molecule has 0 radical (unpaired) electrons. The molecule has 1 atom stereocenters.